The van der Waals surface area contributed by atoms with Crippen LogP contribution in [0.4, 0.5) is 0 Å². The lowest BCUT2D eigenvalue weighted by Gasteiger charge is -2.17. The van der Waals surface area contributed by atoms with Crippen LogP contribution in [0.1, 0.15) is 32.3 Å². The quantitative estimate of drug-likeness (QED) is 0.833. The number of rotatable bonds is 7. The average Bonchev–Trinajstić information content (AvgIpc) is 2.96. The van der Waals surface area contributed by atoms with Gasteiger partial charge in [-0.15, -0.1) is 0 Å². The van der Waals surface area contributed by atoms with Gasteiger partial charge in [0, 0.05) is 24.8 Å². The highest BCUT2D eigenvalue weighted by Crippen LogP contribution is 2.25. The summed E-state index contributed by atoms with van der Waals surface area (Å²) in [5.41, 5.74) is 1.12. The Labute approximate surface area is 121 Å². The smallest absolute Gasteiger partial charge is 0.124 e. The van der Waals surface area contributed by atoms with Crippen LogP contribution in [0, 0.1) is 0 Å². The monoisotopic (exact) mass is 279 g/mol. The average molecular weight is 279 g/mol. The molecule has 0 bridgehead atoms. The molecule has 20 heavy (non-hydrogen) atoms. The van der Waals surface area contributed by atoms with Gasteiger partial charge in [-0.2, -0.15) is 0 Å². The zero-order valence-corrected chi connectivity index (χ0v) is 12.6. The lowest BCUT2D eigenvalue weighted by molar-refractivity contribution is 0.0675. The minimum atomic E-state index is 0.239. The fourth-order valence-electron chi connectivity index (χ4n) is 2.23. The summed E-state index contributed by atoms with van der Waals surface area (Å²) in [5, 5.41) is 3.41. The third kappa shape index (κ3) is 4.39. The second-order valence-corrected chi connectivity index (χ2v) is 5.46. The van der Waals surface area contributed by atoms with Gasteiger partial charge in [-0.3, -0.25) is 0 Å². The molecule has 1 aliphatic heterocycles. The van der Waals surface area contributed by atoms with E-state index >= 15 is 0 Å². The molecule has 2 rings (SSSR count). The normalized spacial score (nSPS) is 18.5. The van der Waals surface area contributed by atoms with Gasteiger partial charge in [0.05, 0.1) is 13.2 Å². The molecule has 0 radical (unpaired) electrons. The molecule has 1 unspecified atom stereocenters. The van der Waals surface area contributed by atoms with Gasteiger partial charge in [-0.25, -0.2) is 0 Å². The summed E-state index contributed by atoms with van der Waals surface area (Å²) in [6.07, 6.45) is 2.47. The van der Waals surface area contributed by atoms with Gasteiger partial charge in [0.2, 0.25) is 0 Å². The van der Waals surface area contributed by atoms with Crippen LogP contribution in [-0.2, 0) is 11.3 Å². The van der Waals surface area contributed by atoms with E-state index in [0.717, 1.165) is 43.1 Å². The van der Waals surface area contributed by atoms with Crippen molar-refractivity contribution in [1.82, 2.24) is 5.32 Å². The van der Waals surface area contributed by atoms with Crippen LogP contribution in [0.15, 0.2) is 18.2 Å². The van der Waals surface area contributed by atoms with Gasteiger partial charge in [-0.1, -0.05) is 13.8 Å². The maximum atomic E-state index is 5.93. The van der Waals surface area contributed by atoms with E-state index < -0.39 is 0 Å². The van der Waals surface area contributed by atoms with E-state index in [1.807, 2.05) is 18.2 Å². The Morgan fingerprint density at radius 3 is 2.90 bits per heavy atom. The van der Waals surface area contributed by atoms with Crippen LogP contribution in [0.3, 0.4) is 0 Å². The Hall–Kier alpha value is -1.26. The Kier molecular flexibility index (Phi) is 5.68. The molecule has 1 aromatic rings. The van der Waals surface area contributed by atoms with Gasteiger partial charge >= 0.3 is 0 Å². The third-order valence-corrected chi connectivity index (χ3v) is 3.42. The first-order chi connectivity index (χ1) is 9.69. The number of ether oxygens (including phenoxy) is 3. The summed E-state index contributed by atoms with van der Waals surface area (Å²) in [5.74, 6) is 1.77. The van der Waals surface area contributed by atoms with E-state index in [4.69, 9.17) is 14.2 Å². The predicted octanol–water partition coefficient (Wildman–Crippen LogP) is 2.75. The first-order valence-corrected chi connectivity index (χ1v) is 7.33. The molecule has 0 spiro atoms. The maximum Gasteiger partial charge on any atom is 0.124 e. The van der Waals surface area contributed by atoms with Crippen molar-refractivity contribution in [1.29, 1.82) is 0 Å². The lowest BCUT2D eigenvalue weighted by Crippen LogP contribution is -2.23. The van der Waals surface area contributed by atoms with Gasteiger partial charge in [0.25, 0.3) is 0 Å². The number of benzene rings is 1. The molecule has 1 N–H and O–H groups in total. The van der Waals surface area contributed by atoms with Crippen molar-refractivity contribution < 1.29 is 14.2 Å². The summed E-state index contributed by atoms with van der Waals surface area (Å²) in [6, 6.07) is 6.38. The highest BCUT2D eigenvalue weighted by molar-refractivity contribution is 5.40. The van der Waals surface area contributed by atoms with Gasteiger partial charge in [0.1, 0.15) is 18.1 Å². The second kappa shape index (κ2) is 7.50. The van der Waals surface area contributed by atoms with Crippen molar-refractivity contribution in [2.75, 3.05) is 20.3 Å². The summed E-state index contributed by atoms with van der Waals surface area (Å²) in [7, 11) is 1.68. The van der Waals surface area contributed by atoms with Crippen molar-refractivity contribution in [3.8, 4) is 11.5 Å². The molecule has 0 aliphatic carbocycles. The van der Waals surface area contributed by atoms with E-state index in [2.05, 4.69) is 19.2 Å². The lowest BCUT2D eigenvalue weighted by atomic mass is 10.1. The van der Waals surface area contributed by atoms with Crippen molar-refractivity contribution >= 4 is 0 Å². The number of nitrogens with one attached hydrogen (secondary N) is 1. The minimum absolute atomic E-state index is 0.239. The highest BCUT2D eigenvalue weighted by atomic mass is 16.5. The Bertz CT molecular complexity index is 414. The fraction of sp³-hybridized carbons (Fsp3) is 0.625. The molecular weight excluding hydrogens is 254 g/mol. The molecule has 1 aromatic carbocycles. The predicted molar refractivity (Wildman–Crippen MR) is 79.4 cm³/mol. The molecule has 4 heteroatoms. The Morgan fingerprint density at radius 1 is 1.40 bits per heavy atom. The zero-order chi connectivity index (χ0) is 14.4. The summed E-state index contributed by atoms with van der Waals surface area (Å²) < 4.78 is 16.8. The molecule has 0 amide bonds. The first kappa shape index (κ1) is 15.1. The summed E-state index contributed by atoms with van der Waals surface area (Å²) in [4.78, 5) is 0. The van der Waals surface area contributed by atoms with E-state index in [1.165, 1.54) is 0 Å². The molecule has 1 aliphatic rings. The molecule has 1 saturated heterocycles. The van der Waals surface area contributed by atoms with Crippen LogP contribution in [0.25, 0.3) is 0 Å². The van der Waals surface area contributed by atoms with Gasteiger partial charge in [-0.05, 0) is 31.0 Å². The fourth-order valence-corrected chi connectivity index (χ4v) is 2.23. The van der Waals surface area contributed by atoms with E-state index in [-0.39, 0.29) is 6.10 Å². The summed E-state index contributed by atoms with van der Waals surface area (Å²) in [6.45, 7) is 6.52. The minimum Gasteiger partial charge on any atom is -0.497 e. The molecule has 1 heterocycles. The van der Waals surface area contributed by atoms with Crippen LogP contribution >= 0.6 is 0 Å². The van der Waals surface area contributed by atoms with E-state index in [1.54, 1.807) is 7.11 Å². The number of hydrogen-bond acceptors (Lipinski definition) is 4. The zero-order valence-electron chi connectivity index (χ0n) is 12.6. The van der Waals surface area contributed by atoms with Crippen LogP contribution in [0.2, 0.25) is 0 Å². The Balaban J connectivity index is 2.00. The van der Waals surface area contributed by atoms with E-state index in [0.29, 0.717) is 12.6 Å². The largest absolute Gasteiger partial charge is 0.497 e. The van der Waals surface area contributed by atoms with E-state index in [9.17, 15) is 0 Å². The van der Waals surface area contributed by atoms with Gasteiger partial charge < -0.3 is 19.5 Å². The van der Waals surface area contributed by atoms with Crippen LogP contribution in [-0.4, -0.2) is 32.5 Å². The molecule has 4 nitrogen and oxygen atoms in total. The SMILES string of the molecule is COc1ccc(OCC2CCCO2)c(CNC(C)C)c1. The molecule has 112 valence electrons. The van der Waals surface area contributed by atoms with Crippen molar-refractivity contribution in [3.05, 3.63) is 23.8 Å². The molecular formula is C16H25NO3. The standard InChI is InChI=1S/C16H25NO3/c1-12(2)17-10-13-9-14(18-3)6-7-16(13)20-11-15-5-4-8-19-15/h6-7,9,12,15,17H,4-5,8,10-11H2,1-3H3. The highest BCUT2D eigenvalue weighted by Gasteiger charge is 2.17. The second-order valence-electron chi connectivity index (χ2n) is 5.46. The third-order valence-electron chi connectivity index (χ3n) is 3.42. The molecule has 1 atom stereocenters. The topological polar surface area (TPSA) is 39.7 Å². The maximum absolute atomic E-state index is 5.93. The Morgan fingerprint density at radius 2 is 2.25 bits per heavy atom. The van der Waals surface area contributed by atoms with Crippen LogP contribution in [0.5, 0.6) is 11.5 Å². The van der Waals surface area contributed by atoms with Crippen molar-refractivity contribution in [2.45, 2.75) is 45.4 Å². The first-order valence-electron chi connectivity index (χ1n) is 7.33. The van der Waals surface area contributed by atoms with Crippen molar-refractivity contribution in [3.63, 3.8) is 0 Å². The number of hydrogen-bond donors (Lipinski definition) is 1. The van der Waals surface area contributed by atoms with Crippen molar-refractivity contribution in [2.24, 2.45) is 0 Å². The molecule has 0 aromatic heterocycles. The van der Waals surface area contributed by atoms with Gasteiger partial charge in [0.15, 0.2) is 0 Å². The molecule has 0 saturated carbocycles. The molecule has 1 fully saturated rings. The summed E-state index contributed by atoms with van der Waals surface area (Å²) >= 11 is 0. The van der Waals surface area contributed by atoms with Crippen LogP contribution < -0.4 is 14.8 Å². The number of methoxy groups -OCH3 is 1.